The Labute approximate surface area is 127 Å². The summed E-state index contributed by atoms with van der Waals surface area (Å²) in [6.45, 7) is 0.509. The van der Waals surface area contributed by atoms with E-state index in [4.69, 9.17) is 11.6 Å². The summed E-state index contributed by atoms with van der Waals surface area (Å²) in [6.07, 6.45) is 5.88. The molecule has 1 saturated carbocycles. The van der Waals surface area contributed by atoms with E-state index in [-0.39, 0.29) is 9.92 Å². The third-order valence-electron chi connectivity index (χ3n) is 3.47. The van der Waals surface area contributed by atoms with Gasteiger partial charge in [0.25, 0.3) is 0 Å². The molecule has 3 nitrogen and oxygen atoms in total. The van der Waals surface area contributed by atoms with Crippen molar-refractivity contribution in [2.45, 2.75) is 37.0 Å². The van der Waals surface area contributed by atoms with Crippen LogP contribution in [0.4, 0.5) is 0 Å². The number of hydrogen-bond donors (Lipinski definition) is 1. The Morgan fingerprint density at radius 1 is 1.26 bits per heavy atom. The highest BCUT2D eigenvalue weighted by atomic mass is 79.9. The van der Waals surface area contributed by atoms with Gasteiger partial charge in [0.05, 0.1) is 5.02 Å². The lowest BCUT2D eigenvalue weighted by molar-refractivity contribution is 0.357. The van der Waals surface area contributed by atoms with E-state index in [1.807, 2.05) is 0 Å². The number of sulfonamides is 1. The first kappa shape index (κ1) is 15.3. The van der Waals surface area contributed by atoms with E-state index in [9.17, 15) is 8.42 Å². The van der Waals surface area contributed by atoms with Gasteiger partial charge in [-0.2, -0.15) is 0 Å². The molecule has 0 atom stereocenters. The second kappa shape index (κ2) is 6.57. The highest BCUT2D eigenvalue weighted by Gasteiger charge is 2.20. The van der Waals surface area contributed by atoms with Gasteiger partial charge in [0.2, 0.25) is 10.0 Å². The molecule has 1 aliphatic rings. The molecule has 1 aromatic rings. The minimum absolute atomic E-state index is 0.146. The van der Waals surface area contributed by atoms with Crippen molar-refractivity contribution in [1.82, 2.24) is 4.72 Å². The highest BCUT2D eigenvalue weighted by molar-refractivity contribution is 9.10. The van der Waals surface area contributed by atoms with Crippen LogP contribution in [0.1, 0.15) is 32.1 Å². The van der Waals surface area contributed by atoms with Crippen LogP contribution in [0.3, 0.4) is 0 Å². The molecule has 0 aromatic heterocycles. The average molecular weight is 367 g/mol. The van der Waals surface area contributed by atoms with Gasteiger partial charge in [0.1, 0.15) is 4.90 Å². The minimum atomic E-state index is -3.51. The second-order valence-electron chi connectivity index (χ2n) is 4.93. The van der Waals surface area contributed by atoms with Crippen LogP contribution >= 0.6 is 27.5 Å². The maximum Gasteiger partial charge on any atom is 0.242 e. The van der Waals surface area contributed by atoms with Crippen LogP contribution in [-0.4, -0.2) is 15.0 Å². The van der Waals surface area contributed by atoms with Crippen LogP contribution in [0.5, 0.6) is 0 Å². The van der Waals surface area contributed by atoms with Gasteiger partial charge in [-0.3, -0.25) is 0 Å². The molecule has 0 amide bonds. The molecular weight excluding hydrogens is 350 g/mol. The molecule has 0 saturated heterocycles. The average Bonchev–Trinajstić information content (AvgIpc) is 2.37. The Hall–Kier alpha value is -0.100. The quantitative estimate of drug-likeness (QED) is 0.876. The summed E-state index contributed by atoms with van der Waals surface area (Å²) in [6, 6.07) is 4.80. The molecule has 0 spiro atoms. The Bertz CT molecular complexity index is 542. The van der Waals surface area contributed by atoms with E-state index >= 15 is 0 Å². The van der Waals surface area contributed by atoms with Gasteiger partial charge in [-0.05, 0) is 37.0 Å². The minimum Gasteiger partial charge on any atom is -0.211 e. The second-order valence-corrected chi connectivity index (χ2v) is 7.99. The maximum atomic E-state index is 12.2. The molecule has 0 aliphatic heterocycles. The van der Waals surface area contributed by atoms with E-state index in [2.05, 4.69) is 20.7 Å². The van der Waals surface area contributed by atoms with Crippen molar-refractivity contribution >= 4 is 37.6 Å². The lowest BCUT2D eigenvalue weighted by Gasteiger charge is -2.21. The van der Waals surface area contributed by atoms with Crippen molar-refractivity contribution < 1.29 is 8.42 Å². The number of benzene rings is 1. The van der Waals surface area contributed by atoms with Crippen LogP contribution in [0, 0.1) is 5.92 Å². The van der Waals surface area contributed by atoms with Gasteiger partial charge < -0.3 is 0 Å². The lowest BCUT2D eigenvalue weighted by Crippen LogP contribution is -2.30. The van der Waals surface area contributed by atoms with Gasteiger partial charge in [0.15, 0.2) is 0 Å². The Morgan fingerprint density at radius 2 is 1.95 bits per heavy atom. The summed E-state index contributed by atoms with van der Waals surface area (Å²) >= 11 is 9.25. The van der Waals surface area contributed by atoms with Crippen molar-refractivity contribution in [3.63, 3.8) is 0 Å². The summed E-state index contributed by atoms with van der Waals surface area (Å²) < 4.78 is 27.8. The summed E-state index contributed by atoms with van der Waals surface area (Å²) in [7, 11) is -3.51. The van der Waals surface area contributed by atoms with Gasteiger partial charge in [-0.1, -0.05) is 46.8 Å². The number of halogens is 2. The number of hydrogen-bond acceptors (Lipinski definition) is 2. The molecule has 19 heavy (non-hydrogen) atoms. The first-order valence-electron chi connectivity index (χ1n) is 6.44. The Morgan fingerprint density at radius 3 is 2.58 bits per heavy atom. The molecule has 0 bridgehead atoms. The van der Waals surface area contributed by atoms with E-state index in [1.165, 1.54) is 25.3 Å². The van der Waals surface area contributed by atoms with Crippen LogP contribution in [-0.2, 0) is 10.0 Å². The highest BCUT2D eigenvalue weighted by Crippen LogP contribution is 2.26. The molecule has 0 heterocycles. The van der Waals surface area contributed by atoms with Crippen molar-refractivity contribution in [3.05, 3.63) is 27.7 Å². The predicted octanol–water partition coefficient (Wildman–Crippen LogP) is 3.96. The van der Waals surface area contributed by atoms with Gasteiger partial charge in [-0.15, -0.1) is 0 Å². The van der Waals surface area contributed by atoms with Crippen molar-refractivity contribution in [2.75, 3.05) is 6.54 Å². The SMILES string of the molecule is O=S(=O)(NCC1CCCCC1)c1ccc(Br)cc1Cl. The van der Waals surface area contributed by atoms with E-state index in [1.54, 1.807) is 12.1 Å². The summed E-state index contributed by atoms with van der Waals surface area (Å²) in [4.78, 5) is 0.146. The van der Waals surface area contributed by atoms with Crippen molar-refractivity contribution in [2.24, 2.45) is 5.92 Å². The molecule has 0 radical (unpaired) electrons. The molecule has 2 rings (SSSR count). The molecule has 1 aliphatic carbocycles. The molecule has 0 unspecified atom stereocenters. The van der Waals surface area contributed by atoms with E-state index < -0.39 is 10.0 Å². The van der Waals surface area contributed by atoms with Gasteiger partial charge >= 0.3 is 0 Å². The number of nitrogens with one attached hydrogen (secondary N) is 1. The zero-order chi connectivity index (χ0) is 13.9. The largest absolute Gasteiger partial charge is 0.242 e. The molecular formula is C13H17BrClNO2S. The smallest absolute Gasteiger partial charge is 0.211 e. The topological polar surface area (TPSA) is 46.2 Å². The monoisotopic (exact) mass is 365 g/mol. The van der Waals surface area contributed by atoms with Crippen molar-refractivity contribution in [1.29, 1.82) is 0 Å². The normalized spacial score (nSPS) is 17.6. The van der Waals surface area contributed by atoms with Gasteiger partial charge in [-0.25, -0.2) is 13.1 Å². The van der Waals surface area contributed by atoms with E-state index in [0.29, 0.717) is 12.5 Å². The summed E-state index contributed by atoms with van der Waals surface area (Å²) in [5, 5.41) is 0.241. The molecule has 106 valence electrons. The zero-order valence-corrected chi connectivity index (χ0v) is 13.7. The lowest BCUT2D eigenvalue weighted by atomic mass is 9.90. The number of rotatable bonds is 4. The molecule has 1 aromatic carbocycles. The summed E-state index contributed by atoms with van der Waals surface area (Å²) in [5.74, 6) is 0.456. The van der Waals surface area contributed by atoms with Crippen LogP contribution in [0.2, 0.25) is 5.02 Å². The molecule has 1 fully saturated rings. The fourth-order valence-electron chi connectivity index (χ4n) is 2.39. The molecule has 6 heteroatoms. The third kappa shape index (κ3) is 4.18. The zero-order valence-electron chi connectivity index (χ0n) is 10.5. The third-order valence-corrected chi connectivity index (χ3v) is 5.87. The first-order valence-corrected chi connectivity index (χ1v) is 9.09. The van der Waals surface area contributed by atoms with Crippen LogP contribution in [0.15, 0.2) is 27.6 Å². The van der Waals surface area contributed by atoms with Gasteiger partial charge in [0, 0.05) is 11.0 Å². The Kier molecular flexibility index (Phi) is 5.29. The maximum absolute atomic E-state index is 12.2. The standard InChI is InChI=1S/C13H17BrClNO2S/c14-11-6-7-13(12(15)8-11)19(17,18)16-9-10-4-2-1-3-5-10/h6-8,10,16H,1-5,9H2. The summed E-state index contributed by atoms with van der Waals surface area (Å²) in [5.41, 5.74) is 0. The predicted molar refractivity (Wildman–Crippen MR) is 80.9 cm³/mol. The van der Waals surface area contributed by atoms with Crippen LogP contribution < -0.4 is 4.72 Å². The van der Waals surface area contributed by atoms with Crippen LogP contribution in [0.25, 0.3) is 0 Å². The molecule has 1 N–H and O–H groups in total. The fraction of sp³-hybridized carbons (Fsp3) is 0.538. The van der Waals surface area contributed by atoms with E-state index in [0.717, 1.165) is 17.3 Å². The fourth-order valence-corrected chi connectivity index (χ4v) is 4.54. The first-order chi connectivity index (χ1) is 8.99. The Balaban J connectivity index is 2.05. The van der Waals surface area contributed by atoms with Crippen molar-refractivity contribution in [3.8, 4) is 0 Å².